The Morgan fingerprint density at radius 1 is 1.18 bits per heavy atom. The van der Waals surface area contributed by atoms with Crippen molar-refractivity contribution in [1.82, 2.24) is 4.98 Å². The lowest BCUT2D eigenvalue weighted by atomic mass is 9.97. The van der Waals surface area contributed by atoms with E-state index in [1.54, 1.807) is 30.6 Å². The number of nitrogens with zero attached hydrogens (tertiary/aromatic N) is 1. The van der Waals surface area contributed by atoms with E-state index in [1.807, 2.05) is 18.2 Å². The predicted molar refractivity (Wildman–Crippen MR) is 83.8 cm³/mol. The van der Waals surface area contributed by atoms with E-state index in [2.05, 4.69) is 4.98 Å². The number of carboxylic acids is 1. The van der Waals surface area contributed by atoms with Crippen LogP contribution in [0.5, 0.6) is 0 Å². The number of halogens is 1. The molecule has 3 nitrogen and oxygen atoms in total. The first-order chi connectivity index (χ1) is 10.7. The Labute approximate surface area is 129 Å². The molecule has 1 N–H and O–H groups in total. The number of unbranched alkanes of at least 4 members (excludes halogenated alkanes) is 2. The van der Waals surface area contributed by atoms with Gasteiger partial charge in [-0.2, -0.15) is 0 Å². The maximum absolute atomic E-state index is 14.1. The summed E-state index contributed by atoms with van der Waals surface area (Å²) in [5, 5.41) is 8.64. The van der Waals surface area contributed by atoms with E-state index < -0.39 is 5.97 Å². The number of allylic oxidation sites excluding steroid dienone is 1. The molecule has 0 spiro atoms. The van der Waals surface area contributed by atoms with Crippen LogP contribution in [0.4, 0.5) is 4.39 Å². The fourth-order valence-electron chi connectivity index (χ4n) is 2.25. The molecule has 0 saturated heterocycles. The van der Waals surface area contributed by atoms with Gasteiger partial charge in [0.1, 0.15) is 5.82 Å². The molecule has 1 aromatic carbocycles. The summed E-state index contributed by atoms with van der Waals surface area (Å²) < 4.78 is 14.1. The van der Waals surface area contributed by atoms with Crippen molar-refractivity contribution in [3.05, 3.63) is 71.8 Å². The zero-order chi connectivity index (χ0) is 15.8. The molecule has 2 rings (SSSR count). The molecule has 0 atom stereocenters. The molecule has 0 aliphatic carbocycles. The van der Waals surface area contributed by atoms with Crippen molar-refractivity contribution in [2.45, 2.75) is 25.7 Å². The smallest absolute Gasteiger partial charge is 0.303 e. The molecule has 4 heteroatoms. The molecule has 1 heterocycles. The minimum atomic E-state index is -0.787. The van der Waals surface area contributed by atoms with Gasteiger partial charge in [-0.1, -0.05) is 30.3 Å². The number of benzene rings is 1. The van der Waals surface area contributed by atoms with Crippen molar-refractivity contribution in [3.63, 3.8) is 0 Å². The van der Waals surface area contributed by atoms with Gasteiger partial charge in [0.05, 0.1) is 0 Å². The Morgan fingerprint density at radius 3 is 2.68 bits per heavy atom. The largest absolute Gasteiger partial charge is 0.481 e. The van der Waals surface area contributed by atoms with Crippen LogP contribution in [-0.4, -0.2) is 16.1 Å². The van der Waals surface area contributed by atoms with E-state index in [1.165, 1.54) is 6.07 Å². The van der Waals surface area contributed by atoms with Crippen molar-refractivity contribution in [1.29, 1.82) is 0 Å². The van der Waals surface area contributed by atoms with Crippen LogP contribution in [0.15, 0.2) is 54.9 Å². The lowest BCUT2D eigenvalue weighted by Gasteiger charge is -2.09. The summed E-state index contributed by atoms with van der Waals surface area (Å²) in [5.74, 6) is -1.06. The number of aromatic nitrogens is 1. The minimum Gasteiger partial charge on any atom is -0.481 e. The molecule has 1 aromatic heterocycles. The van der Waals surface area contributed by atoms with Gasteiger partial charge in [0, 0.05) is 29.9 Å². The normalized spacial score (nSPS) is 11.4. The second-order valence-corrected chi connectivity index (χ2v) is 4.98. The second-order valence-electron chi connectivity index (χ2n) is 4.98. The van der Waals surface area contributed by atoms with E-state index in [9.17, 15) is 9.18 Å². The van der Waals surface area contributed by atoms with Crippen LogP contribution >= 0.6 is 0 Å². The highest BCUT2D eigenvalue weighted by Crippen LogP contribution is 2.26. The van der Waals surface area contributed by atoms with E-state index in [-0.39, 0.29) is 12.2 Å². The van der Waals surface area contributed by atoms with Crippen LogP contribution in [-0.2, 0) is 4.79 Å². The van der Waals surface area contributed by atoms with Gasteiger partial charge in [-0.05, 0) is 37.0 Å². The topological polar surface area (TPSA) is 50.2 Å². The van der Waals surface area contributed by atoms with Crippen LogP contribution < -0.4 is 0 Å². The van der Waals surface area contributed by atoms with Crippen molar-refractivity contribution >= 4 is 11.5 Å². The lowest BCUT2D eigenvalue weighted by molar-refractivity contribution is -0.137. The summed E-state index contributed by atoms with van der Waals surface area (Å²) in [5.41, 5.74) is 2.18. The highest BCUT2D eigenvalue weighted by Gasteiger charge is 2.09. The van der Waals surface area contributed by atoms with Gasteiger partial charge in [0.25, 0.3) is 0 Å². The average molecular weight is 299 g/mol. The number of carboxylic acid groups (broad SMARTS) is 1. The van der Waals surface area contributed by atoms with Gasteiger partial charge in [-0.25, -0.2) is 4.39 Å². The molecule has 0 fully saturated rings. The summed E-state index contributed by atoms with van der Waals surface area (Å²) >= 11 is 0. The van der Waals surface area contributed by atoms with Gasteiger partial charge in [0.15, 0.2) is 0 Å². The van der Waals surface area contributed by atoms with Gasteiger partial charge in [-0.3, -0.25) is 9.78 Å². The second kappa shape index (κ2) is 8.08. The zero-order valence-electron chi connectivity index (χ0n) is 12.2. The maximum Gasteiger partial charge on any atom is 0.303 e. The lowest BCUT2D eigenvalue weighted by Crippen LogP contribution is -1.94. The minimum absolute atomic E-state index is 0.162. The molecule has 0 unspecified atom stereocenters. The van der Waals surface area contributed by atoms with E-state index in [4.69, 9.17) is 5.11 Å². The number of carbonyl (C=O) groups is 1. The summed E-state index contributed by atoms with van der Waals surface area (Å²) in [6.07, 6.45) is 7.57. The Morgan fingerprint density at radius 2 is 2.00 bits per heavy atom. The number of pyridine rings is 1. The summed E-state index contributed by atoms with van der Waals surface area (Å²) in [6.45, 7) is 0. The van der Waals surface area contributed by atoms with E-state index in [0.29, 0.717) is 18.4 Å². The van der Waals surface area contributed by atoms with Gasteiger partial charge < -0.3 is 5.11 Å². The highest BCUT2D eigenvalue weighted by molar-refractivity contribution is 5.79. The third kappa shape index (κ3) is 4.52. The Balaban J connectivity index is 2.20. The Bertz CT molecular complexity index is 653. The van der Waals surface area contributed by atoms with Gasteiger partial charge in [-0.15, -0.1) is 0 Å². The molecule has 22 heavy (non-hydrogen) atoms. The van der Waals surface area contributed by atoms with Crippen LogP contribution in [0.1, 0.15) is 36.8 Å². The molecular formula is C18H18FNO2. The van der Waals surface area contributed by atoms with Crippen molar-refractivity contribution < 1.29 is 14.3 Å². The fourth-order valence-corrected chi connectivity index (χ4v) is 2.25. The summed E-state index contributed by atoms with van der Waals surface area (Å²) in [7, 11) is 0. The average Bonchev–Trinajstić information content (AvgIpc) is 2.52. The molecule has 0 radical (unpaired) electrons. The number of rotatable bonds is 7. The summed E-state index contributed by atoms with van der Waals surface area (Å²) in [4.78, 5) is 14.6. The standard InChI is InChI=1S/C18H18FNO2/c19-17-10-5-4-9-16(17)15(14-7-6-12-20-13-14)8-2-1-3-11-18(21)22/h4-10,12-13H,1-3,11H2,(H,21,22). The number of hydrogen-bond acceptors (Lipinski definition) is 2. The third-order valence-corrected chi connectivity index (χ3v) is 3.33. The molecule has 0 saturated carbocycles. The third-order valence-electron chi connectivity index (χ3n) is 3.33. The first-order valence-electron chi connectivity index (χ1n) is 7.25. The molecule has 114 valence electrons. The monoisotopic (exact) mass is 299 g/mol. The van der Waals surface area contributed by atoms with Crippen LogP contribution in [0.25, 0.3) is 5.57 Å². The maximum atomic E-state index is 14.1. The van der Waals surface area contributed by atoms with Gasteiger partial charge >= 0.3 is 5.97 Å². The van der Waals surface area contributed by atoms with Crippen molar-refractivity contribution in [2.75, 3.05) is 0 Å². The van der Waals surface area contributed by atoms with E-state index >= 15 is 0 Å². The fraction of sp³-hybridized carbons (Fsp3) is 0.222. The molecule has 0 aliphatic rings. The molecule has 0 aliphatic heterocycles. The van der Waals surface area contributed by atoms with Crippen molar-refractivity contribution in [3.8, 4) is 0 Å². The number of aliphatic carboxylic acids is 1. The summed E-state index contributed by atoms with van der Waals surface area (Å²) in [6, 6.07) is 10.3. The van der Waals surface area contributed by atoms with Crippen LogP contribution in [0.3, 0.4) is 0 Å². The first kappa shape index (κ1) is 15.9. The first-order valence-corrected chi connectivity index (χ1v) is 7.25. The molecular weight excluding hydrogens is 281 g/mol. The molecule has 0 bridgehead atoms. The van der Waals surface area contributed by atoms with E-state index in [0.717, 1.165) is 17.6 Å². The molecule has 0 amide bonds. The Kier molecular flexibility index (Phi) is 5.83. The zero-order valence-corrected chi connectivity index (χ0v) is 12.2. The van der Waals surface area contributed by atoms with Crippen molar-refractivity contribution in [2.24, 2.45) is 0 Å². The van der Waals surface area contributed by atoms with Gasteiger partial charge in [0.2, 0.25) is 0 Å². The SMILES string of the molecule is O=C(O)CCCCC=C(c1cccnc1)c1ccccc1F. The molecule has 2 aromatic rings. The quantitative estimate of drug-likeness (QED) is 0.776. The highest BCUT2D eigenvalue weighted by atomic mass is 19.1. The van der Waals surface area contributed by atoms with Crippen LogP contribution in [0.2, 0.25) is 0 Å². The Hall–Kier alpha value is -2.49. The number of hydrogen-bond donors (Lipinski definition) is 1. The predicted octanol–water partition coefficient (Wildman–Crippen LogP) is 4.30. The van der Waals surface area contributed by atoms with Crippen LogP contribution in [0, 0.1) is 5.82 Å².